The molecule has 0 bridgehead atoms. The predicted octanol–water partition coefficient (Wildman–Crippen LogP) is 6.36. The smallest absolute Gasteiger partial charge is 0.178 e. The maximum Gasteiger partial charge on any atom is 0.178 e. The third kappa shape index (κ3) is 3.80. The summed E-state index contributed by atoms with van der Waals surface area (Å²) >= 11 is 3.42. The van der Waals surface area contributed by atoms with E-state index in [1.807, 2.05) is 67.6 Å². The van der Waals surface area contributed by atoms with Gasteiger partial charge in [-0.25, -0.2) is 0 Å². The average molecular weight is 436 g/mol. The van der Waals surface area contributed by atoms with Gasteiger partial charge in [0.25, 0.3) is 0 Å². The molecule has 0 saturated carbocycles. The summed E-state index contributed by atoms with van der Waals surface area (Å²) in [6.45, 7) is 2.31. The third-order valence-electron chi connectivity index (χ3n) is 4.46. The molecular formula is C23H18BrNO3. The van der Waals surface area contributed by atoms with Crippen molar-refractivity contribution in [3.05, 3.63) is 88.5 Å². The minimum Gasteiger partial charge on any atom is -0.507 e. The number of benzene rings is 3. The standard InChI is InChI=1S/C23H18BrNO3/c1-15-22(17-5-3-2-4-6-17)23(28-25-15)20-12-11-19(13-21(20)26)27-14-16-7-9-18(24)10-8-16/h2-13,26H,14H2,1H3. The highest BCUT2D eigenvalue weighted by molar-refractivity contribution is 9.10. The zero-order chi connectivity index (χ0) is 19.5. The number of phenols is 1. The van der Waals surface area contributed by atoms with Crippen LogP contribution >= 0.6 is 15.9 Å². The maximum atomic E-state index is 10.6. The molecule has 4 nitrogen and oxygen atoms in total. The topological polar surface area (TPSA) is 55.5 Å². The molecule has 1 N–H and O–H groups in total. The van der Waals surface area contributed by atoms with Crippen molar-refractivity contribution in [2.45, 2.75) is 13.5 Å². The lowest BCUT2D eigenvalue weighted by Crippen LogP contribution is -1.95. The van der Waals surface area contributed by atoms with Gasteiger partial charge in [-0.2, -0.15) is 0 Å². The molecule has 140 valence electrons. The fourth-order valence-corrected chi connectivity index (χ4v) is 3.30. The van der Waals surface area contributed by atoms with Crippen LogP contribution in [0, 0.1) is 6.92 Å². The Balaban J connectivity index is 1.60. The van der Waals surface area contributed by atoms with Gasteiger partial charge >= 0.3 is 0 Å². The van der Waals surface area contributed by atoms with Crippen LogP contribution in [-0.2, 0) is 6.61 Å². The van der Waals surface area contributed by atoms with E-state index in [1.165, 1.54) is 0 Å². The van der Waals surface area contributed by atoms with Crippen LogP contribution in [0.5, 0.6) is 11.5 Å². The summed E-state index contributed by atoms with van der Waals surface area (Å²) in [7, 11) is 0. The number of aromatic hydroxyl groups is 1. The number of hydrogen-bond donors (Lipinski definition) is 1. The summed E-state index contributed by atoms with van der Waals surface area (Å²) in [6.07, 6.45) is 0. The van der Waals surface area contributed by atoms with Crippen LogP contribution in [0.4, 0.5) is 0 Å². The van der Waals surface area contributed by atoms with Crippen LogP contribution in [-0.4, -0.2) is 10.3 Å². The van der Waals surface area contributed by atoms with E-state index >= 15 is 0 Å². The van der Waals surface area contributed by atoms with Crippen LogP contribution in [0.2, 0.25) is 0 Å². The highest BCUT2D eigenvalue weighted by Gasteiger charge is 2.19. The molecule has 1 aromatic heterocycles. The SMILES string of the molecule is Cc1noc(-c2ccc(OCc3ccc(Br)cc3)cc2O)c1-c1ccccc1. The second-order valence-electron chi connectivity index (χ2n) is 6.43. The third-order valence-corrected chi connectivity index (χ3v) is 4.99. The van der Waals surface area contributed by atoms with E-state index in [1.54, 1.807) is 12.1 Å². The van der Waals surface area contributed by atoms with Crippen LogP contribution in [0.25, 0.3) is 22.5 Å². The lowest BCUT2D eigenvalue weighted by Gasteiger charge is -2.09. The highest BCUT2D eigenvalue weighted by Crippen LogP contribution is 2.40. The number of hydrogen-bond acceptors (Lipinski definition) is 4. The number of aryl methyl sites for hydroxylation is 1. The highest BCUT2D eigenvalue weighted by atomic mass is 79.9. The molecule has 0 atom stereocenters. The number of nitrogens with zero attached hydrogens (tertiary/aromatic N) is 1. The molecule has 0 aliphatic carbocycles. The second-order valence-corrected chi connectivity index (χ2v) is 7.35. The minimum absolute atomic E-state index is 0.0848. The van der Waals surface area contributed by atoms with Crippen LogP contribution in [0.3, 0.4) is 0 Å². The van der Waals surface area contributed by atoms with Gasteiger partial charge in [0.1, 0.15) is 18.1 Å². The normalized spacial score (nSPS) is 10.8. The zero-order valence-electron chi connectivity index (χ0n) is 15.2. The van der Waals surface area contributed by atoms with E-state index in [0.717, 1.165) is 26.9 Å². The summed E-state index contributed by atoms with van der Waals surface area (Å²) in [5.41, 5.74) is 4.27. The van der Waals surface area contributed by atoms with Gasteiger partial charge < -0.3 is 14.4 Å². The van der Waals surface area contributed by atoms with Crippen molar-refractivity contribution >= 4 is 15.9 Å². The predicted molar refractivity (Wildman–Crippen MR) is 112 cm³/mol. The quantitative estimate of drug-likeness (QED) is 0.395. The molecule has 0 saturated heterocycles. The summed E-state index contributed by atoms with van der Waals surface area (Å²) in [5, 5.41) is 14.7. The first-order valence-electron chi connectivity index (χ1n) is 8.84. The number of aromatic nitrogens is 1. The van der Waals surface area contributed by atoms with Crippen LogP contribution in [0.1, 0.15) is 11.3 Å². The van der Waals surface area contributed by atoms with E-state index in [-0.39, 0.29) is 5.75 Å². The summed E-state index contributed by atoms with van der Waals surface area (Å²) in [4.78, 5) is 0. The van der Waals surface area contributed by atoms with Gasteiger partial charge in [0, 0.05) is 10.5 Å². The maximum absolute atomic E-state index is 10.6. The molecule has 4 rings (SSSR count). The molecule has 0 fully saturated rings. The molecule has 3 aromatic carbocycles. The van der Waals surface area contributed by atoms with Crippen LogP contribution in [0.15, 0.2) is 81.8 Å². The lowest BCUT2D eigenvalue weighted by atomic mass is 9.99. The molecular weight excluding hydrogens is 418 g/mol. The van der Waals surface area contributed by atoms with E-state index in [9.17, 15) is 5.11 Å². The first kappa shape index (κ1) is 18.3. The van der Waals surface area contributed by atoms with Crippen molar-refractivity contribution in [2.24, 2.45) is 0 Å². The van der Waals surface area contributed by atoms with Crippen molar-refractivity contribution in [2.75, 3.05) is 0 Å². The Labute approximate surface area is 171 Å². The first-order valence-corrected chi connectivity index (χ1v) is 9.63. The first-order chi connectivity index (χ1) is 13.6. The summed E-state index contributed by atoms with van der Waals surface area (Å²) in [5.74, 6) is 1.21. The van der Waals surface area contributed by atoms with Gasteiger partial charge in [0.2, 0.25) is 0 Å². The largest absolute Gasteiger partial charge is 0.507 e. The van der Waals surface area contributed by atoms with Crippen molar-refractivity contribution in [3.63, 3.8) is 0 Å². The van der Waals surface area contributed by atoms with Crippen LogP contribution < -0.4 is 4.74 Å². The second kappa shape index (κ2) is 7.90. The summed E-state index contributed by atoms with van der Waals surface area (Å²) < 4.78 is 12.4. The fourth-order valence-electron chi connectivity index (χ4n) is 3.04. The molecule has 0 unspecified atom stereocenters. The average Bonchev–Trinajstić information content (AvgIpc) is 3.09. The zero-order valence-corrected chi connectivity index (χ0v) is 16.8. The Kier molecular flexibility index (Phi) is 5.17. The van der Waals surface area contributed by atoms with E-state index in [2.05, 4.69) is 21.1 Å². The molecule has 0 aliphatic heterocycles. The molecule has 0 radical (unpaired) electrons. The fraction of sp³-hybridized carbons (Fsp3) is 0.0870. The minimum atomic E-state index is 0.0848. The Morgan fingerprint density at radius 2 is 1.75 bits per heavy atom. The van der Waals surface area contributed by atoms with Gasteiger partial charge in [-0.05, 0) is 42.3 Å². The van der Waals surface area contributed by atoms with Gasteiger partial charge in [-0.15, -0.1) is 0 Å². The number of halogens is 1. The van der Waals surface area contributed by atoms with Gasteiger partial charge in [-0.3, -0.25) is 0 Å². The van der Waals surface area contributed by atoms with Gasteiger partial charge in [-0.1, -0.05) is 63.6 Å². The number of ether oxygens (including phenoxy) is 1. The number of rotatable bonds is 5. The Bertz CT molecular complexity index is 1090. The van der Waals surface area contributed by atoms with Gasteiger partial charge in [0.15, 0.2) is 5.76 Å². The molecule has 1 heterocycles. The number of phenolic OH excluding ortho intramolecular Hbond substituents is 1. The molecule has 0 amide bonds. The van der Waals surface area contributed by atoms with E-state index in [0.29, 0.717) is 23.7 Å². The van der Waals surface area contributed by atoms with Crippen molar-refractivity contribution in [3.8, 4) is 33.9 Å². The van der Waals surface area contributed by atoms with Crippen molar-refractivity contribution in [1.29, 1.82) is 0 Å². The van der Waals surface area contributed by atoms with Crippen molar-refractivity contribution < 1.29 is 14.4 Å². The summed E-state index contributed by atoms with van der Waals surface area (Å²) in [6, 6.07) is 23.0. The molecule has 5 heteroatoms. The molecule has 28 heavy (non-hydrogen) atoms. The van der Waals surface area contributed by atoms with Crippen molar-refractivity contribution in [1.82, 2.24) is 5.16 Å². The Morgan fingerprint density at radius 3 is 2.46 bits per heavy atom. The van der Waals surface area contributed by atoms with Gasteiger partial charge in [0.05, 0.1) is 16.8 Å². The Morgan fingerprint density at radius 1 is 1.00 bits per heavy atom. The lowest BCUT2D eigenvalue weighted by molar-refractivity contribution is 0.304. The Hall–Kier alpha value is -3.05. The molecule has 0 aliphatic rings. The molecule has 0 spiro atoms. The van der Waals surface area contributed by atoms with E-state index in [4.69, 9.17) is 9.26 Å². The monoisotopic (exact) mass is 435 g/mol. The molecule has 4 aromatic rings. The van der Waals surface area contributed by atoms with E-state index < -0.39 is 0 Å².